The number of nitrogens with zero attached hydrogens (tertiary/aromatic N) is 2. The molecule has 1 aliphatic rings. The number of nitrogens with one attached hydrogen (secondary N) is 1. The largest absolute Gasteiger partial charge is 0.444 e. The summed E-state index contributed by atoms with van der Waals surface area (Å²) in [7, 11) is -1.41. The number of imidazole rings is 1. The van der Waals surface area contributed by atoms with Crippen molar-refractivity contribution in [2.75, 3.05) is 6.54 Å². The number of aromatic nitrogens is 2. The molecule has 0 unspecified atom stereocenters. The number of ether oxygens (including phenoxy) is 1. The van der Waals surface area contributed by atoms with Crippen LogP contribution < -0.4 is 0 Å². The number of fused-ring (bicyclic) bond motifs is 3. The molecule has 31 heavy (non-hydrogen) atoms. The minimum Gasteiger partial charge on any atom is -0.444 e. The van der Waals surface area contributed by atoms with Crippen LogP contribution in [0.3, 0.4) is 0 Å². The molecule has 1 aliphatic heterocycles. The fourth-order valence-electron chi connectivity index (χ4n) is 3.91. The third-order valence-electron chi connectivity index (χ3n) is 5.27. The molecule has 0 spiro atoms. The Bertz CT molecular complexity index is 1200. The molecule has 4 rings (SSSR count). The van der Waals surface area contributed by atoms with Crippen LogP contribution in [-0.4, -0.2) is 41.2 Å². The number of rotatable bonds is 1. The molecular formula is C25H31N3O2Si. The van der Waals surface area contributed by atoms with Gasteiger partial charge in [0.25, 0.3) is 0 Å². The minimum absolute atomic E-state index is 0.0841. The highest BCUT2D eigenvalue weighted by molar-refractivity contribution is 6.83. The van der Waals surface area contributed by atoms with E-state index in [0.717, 1.165) is 46.0 Å². The maximum absolute atomic E-state index is 12.7. The Kier molecular flexibility index (Phi) is 5.34. The summed E-state index contributed by atoms with van der Waals surface area (Å²) in [4.78, 5) is 22.8. The summed E-state index contributed by atoms with van der Waals surface area (Å²) in [5.74, 6) is 4.17. The van der Waals surface area contributed by atoms with Gasteiger partial charge in [-0.05, 0) is 57.2 Å². The number of H-pyrrole nitrogens is 1. The summed E-state index contributed by atoms with van der Waals surface area (Å²) in [5.41, 5.74) is 5.89. The fraction of sp³-hybridized carbons (Fsp3) is 0.440. The second kappa shape index (κ2) is 7.72. The average molecular weight is 434 g/mol. The van der Waals surface area contributed by atoms with Gasteiger partial charge in [-0.1, -0.05) is 37.7 Å². The number of likely N-dealkylation sites (tertiary alicyclic amines) is 1. The normalized spacial score (nSPS) is 17.1. The third kappa shape index (κ3) is 4.77. The van der Waals surface area contributed by atoms with Crippen molar-refractivity contribution in [3.63, 3.8) is 0 Å². The molecule has 1 atom stereocenters. The van der Waals surface area contributed by atoms with E-state index >= 15 is 0 Å². The van der Waals surface area contributed by atoms with Gasteiger partial charge < -0.3 is 9.72 Å². The number of hydrogen-bond donors (Lipinski definition) is 1. The molecule has 1 saturated heterocycles. The van der Waals surface area contributed by atoms with Crippen LogP contribution in [0.25, 0.3) is 21.8 Å². The Balaban J connectivity index is 1.68. The van der Waals surface area contributed by atoms with E-state index < -0.39 is 13.7 Å². The Morgan fingerprint density at radius 1 is 1.23 bits per heavy atom. The number of hydrogen-bond acceptors (Lipinski definition) is 3. The SMILES string of the molecule is CC(C)(C)OC(=O)N1CCC[C@H]1c1nc2ccc3cc(C#C[Si](C)(C)C)ccc3c2[nH]1. The molecular weight excluding hydrogens is 402 g/mol. The molecule has 1 aromatic heterocycles. The lowest BCUT2D eigenvalue weighted by Gasteiger charge is -2.27. The quantitative estimate of drug-likeness (QED) is 0.377. The molecule has 5 nitrogen and oxygen atoms in total. The molecule has 6 heteroatoms. The fourth-order valence-corrected chi connectivity index (χ4v) is 4.43. The van der Waals surface area contributed by atoms with Crippen LogP contribution in [0.1, 0.15) is 51.0 Å². The lowest BCUT2D eigenvalue weighted by atomic mass is 10.1. The zero-order chi connectivity index (χ0) is 22.4. The maximum Gasteiger partial charge on any atom is 0.410 e. The number of amides is 1. The molecule has 1 N–H and O–H groups in total. The summed E-state index contributed by atoms with van der Waals surface area (Å²) in [6.45, 7) is 13.1. The molecule has 1 fully saturated rings. The van der Waals surface area contributed by atoms with E-state index in [9.17, 15) is 4.79 Å². The zero-order valence-corrected chi connectivity index (χ0v) is 20.3. The smallest absolute Gasteiger partial charge is 0.410 e. The first-order valence-corrected chi connectivity index (χ1v) is 14.5. The lowest BCUT2D eigenvalue weighted by Crippen LogP contribution is -2.36. The van der Waals surface area contributed by atoms with Crippen LogP contribution in [0, 0.1) is 11.5 Å². The van der Waals surface area contributed by atoms with Gasteiger partial charge in [0.05, 0.1) is 17.1 Å². The van der Waals surface area contributed by atoms with Gasteiger partial charge in [0, 0.05) is 17.5 Å². The maximum atomic E-state index is 12.7. The highest BCUT2D eigenvalue weighted by Gasteiger charge is 2.35. The van der Waals surface area contributed by atoms with E-state index in [0.29, 0.717) is 6.54 Å². The van der Waals surface area contributed by atoms with Gasteiger partial charge in [0.1, 0.15) is 19.5 Å². The van der Waals surface area contributed by atoms with Gasteiger partial charge in [-0.3, -0.25) is 4.90 Å². The Hall–Kier alpha value is -2.78. The van der Waals surface area contributed by atoms with Crippen molar-refractivity contribution in [2.45, 2.75) is 64.9 Å². The van der Waals surface area contributed by atoms with Crippen molar-refractivity contribution >= 4 is 36.0 Å². The second-order valence-corrected chi connectivity index (χ2v) is 15.1. The van der Waals surface area contributed by atoms with Gasteiger partial charge in [0.2, 0.25) is 0 Å². The van der Waals surface area contributed by atoms with Crippen molar-refractivity contribution < 1.29 is 9.53 Å². The lowest BCUT2D eigenvalue weighted by molar-refractivity contribution is 0.0219. The summed E-state index contributed by atoms with van der Waals surface area (Å²) < 4.78 is 5.61. The molecule has 0 radical (unpaired) electrons. The first-order valence-electron chi connectivity index (χ1n) is 11.0. The Morgan fingerprint density at radius 2 is 2.00 bits per heavy atom. The molecule has 3 aromatic rings. The van der Waals surface area contributed by atoms with Gasteiger partial charge in [-0.2, -0.15) is 0 Å². The summed E-state index contributed by atoms with van der Waals surface area (Å²) in [5, 5.41) is 2.26. The number of benzene rings is 2. The zero-order valence-electron chi connectivity index (χ0n) is 19.3. The van der Waals surface area contributed by atoms with Crippen LogP contribution in [0.15, 0.2) is 30.3 Å². The average Bonchev–Trinajstić information content (AvgIpc) is 3.30. The van der Waals surface area contributed by atoms with Crippen LogP contribution in [0.4, 0.5) is 4.79 Å². The van der Waals surface area contributed by atoms with Crippen molar-refractivity contribution in [3.8, 4) is 11.5 Å². The highest BCUT2D eigenvalue weighted by Crippen LogP contribution is 2.34. The summed E-state index contributed by atoms with van der Waals surface area (Å²) >= 11 is 0. The Labute approximate surface area is 185 Å². The van der Waals surface area contributed by atoms with Crippen LogP contribution >= 0.6 is 0 Å². The van der Waals surface area contributed by atoms with Crippen LogP contribution in [-0.2, 0) is 4.74 Å². The van der Waals surface area contributed by atoms with Crippen molar-refractivity contribution in [1.82, 2.24) is 14.9 Å². The van der Waals surface area contributed by atoms with E-state index in [1.807, 2.05) is 26.8 Å². The standard InChI is InChI=1S/C25H31N3O2Si/c1-25(2,3)30-24(29)28-14-7-8-21(28)23-26-20-12-10-18-16-17(13-15-31(4,5)6)9-11-19(18)22(20)27-23/h9-12,16,21H,7-8,14H2,1-6H3,(H,26,27)/t21-/m0/s1. The minimum atomic E-state index is -1.41. The monoisotopic (exact) mass is 433 g/mol. The molecule has 0 bridgehead atoms. The van der Waals surface area contributed by atoms with E-state index in [-0.39, 0.29) is 12.1 Å². The van der Waals surface area contributed by atoms with Crippen LogP contribution in [0.2, 0.25) is 19.6 Å². The van der Waals surface area contributed by atoms with Gasteiger partial charge in [-0.15, -0.1) is 5.54 Å². The number of aromatic amines is 1. The topological polar surface area (TPSA) is 58.2 Å². The van der Waals surface area contributed by atoms with Gasteiger partial charge in [-0.25, -0.2) is 9.78 Å². The van der Waals surface area contributed by atoms with Crippen molar-refractivity contribution in [2.24, 2.45) is 0 Å². The highest BCUT2D eigenvalue weighted by atomic mass is 28.3. The number of carbonyl (C=O) groups is 1. The van der Waals surface area contributed by atoms with E-state index in [1.54, 1.807) is 4.90 Å². The molecule has 1 amide bonds. The molecule has 0 aliphatic carbocycles. The van der Waals surface area contributed by atoms with Crippen molar-refractivity contribution in [1.29, 1.82) is 0 Å². The molecule has 162 valence electrons. The predicted molar refractivity (Wildman–Crippen MR) is 129 cm³/mol. The second-order valence-electron chi connectivity index (χ2n) is 10.3. The van der Waals surface area contributed by atoms with Crippen LogP contribution in [0.5, 0.6) is 0 Å². The first kappa shape index (κ1) is 21.4. The third-order valence-corrected chi connectivity index (χ3v) is 6.15. The molecule has 2 aromatic carbocycles. The predicted octanol–water partition coefficient (Wildman–Crippen LogP) is 6.02. The molecule has 2 heterocycles. The van der Waals surface area contributed by atoms with E-state index in [2.05, 4.69) is 60.4 Å². The van der Waals surface area contributed by atoms with Gasteiger partial charge >= 0.3 is 6.09 Å². The molecule has 0 saturated carbocycles. The Morgan fingerprint density at radius 3 is 2.71 bits per heavy atom. The van der Waals surface area contributed by atoms with E-state index in [4.69, 9.17) is 9.72 Å². The van der Waals surface area contributed by atoms with Crippen molar-refractivity contribution in [3.05, 3.63) is 41.7 Å². The first-order chi connectivity index (χ1) is 14.5. The van der Waals surface area contributed by atoms with Gasteiger partial charge in [0.15, 0.2) is 0 Å². The number of carbonyl (C=O) groups excluding carboxylic acids is 1. The summed E-state index contributed by atoms with van der Waals surface area (Å²) in [6.07, 6.45) is 1.56. The summed E-state index contributed by atoms with van der Waals surface area (Å²) in [6, 6.07) is 10.4. The van der Waals surface area contributed by atoms with E-state index in [1.165, 1.54) is 0 Å².